The Morgan fingerprint density at radius 1 is 1.11 bits per heavy atom. The summed E-state index contributed by atoms with van der Waals surface area (Å²) < 4.78 is 5.39. The van der Waals surface area contributed by atoms with Crippen molar-refractivity contribution in [1.29, 1.82) is 10.5 Å². The first-order valence-corrected chi connectivity index (χ1v) is 5.21. The van der Waals surface area contributed by atoms with Crippen LogP contribution in [-0.4, -0.2) is 9.97 Å². The number of hydrogen-bond donors (Lipinski definition) is 0. The highest BCUT2D eigenvalue weighted by molar-refractivity contribution is 6.31. The van der Waals surface area contributed by atoms with E-state index in [0.717, 1.165) is 0 Å². The van der Waals surface area contributed by atoms with E-state index in [1.807, 2.05) is 12.1 Å². The first kappa shape index (κ1) is 11.8. The zero-order chi connectivity index (χ0) is 13.0. The zero-order valence-electron chi connectivity index (χ0n) is 8.96. The van der Waals surface area contributed by atoms with Gasteiger partial charge in [0.1, 0.15) is 17.9 Å². The Labute approximate surface area is 108 Å². The summed E-state index contributed by atoms with van der Waals surface area (Å²) in [7, 11) is 0. The second kappa shape index (κ2) is 5.13. The SMILES string of the molecule is N#Cc1ccc(Oc2nccnc2C#N)cc1Cl. The van der Waals surface area contributed by atoms with Crippen LogP contribution in [0.3, 0.4) is 0 Å². The molecular formula is C12H5ClN4O. The number of halogens is 1. The number of hydrogen-bond acceptors (Lipinski definition) is 5. The van der Waals surface area contributed by atoms with Crippen LogP contribution in [0, 0.1) is 22.7 Å². The van der Waals surface area contributed by atoms with Crippen LogP contribution >= 0.6 is 11.6 Å². The maximum atomic E-state index is 8.83. The number of nitriles is 2. The zero-order valence-corrected chi connectivity index (χ0v) is 9.72. The van der Waals surface area contributed by atoms with Gasteiger partial charge < -0.3 is 4.74 Å². The molecule has 0 radical (unpaired) electrons. The van der Waals surface area contributed by atoms with Crippen LogP contribution in [0.4, 0.5) is 0 Å². The van der Waals surface area contributed by atoms with Crippen molar-refractivity contribution in [2.75, 3.05) is 0 Å². The van der Waals surface area contributed by atoms with Crippen LogP contribution in [0.1, 0.15) is 11.3 Å². The van der Waals surface area contributed by atoms with Gasteiger partial charge in [-0.1, -0.05) is 11.6 Å². The van der Waals surface area contributed by atoms with Crippen LogP contribution in [0.15, 0.2) is 30.6 Å². The molecule has 5 nitrogen and oxygen atoms in total. The molecule has 0 N–H and O–H groups in total. The van der Waals surface area contributed by atoms with E-state index in [2.05, 4.69) is 9.97 Å². The number of nitrogens with zero attached hydrogens (tertiary/aromatic N) is 4. The van der Waals surface area contributed by atoms with E-state index >= 15 is 0 Å². The molecule has 1 aromatic carbocycles. The Morgan fingerprint density at radius 2 is 1.89 bits per heavy atom. The standard InChI is InChI=1S/C12H5ClN4O/c13-10-5-9(2-1-8(10)6-14)18-12-11(7-15)16-3-4-17-12/h1-5H. The van der Waals surface area contributed by atoms with Crippen LogP contribution in [0.25, 0.3) is 0 Å². The molecule has 1 aromatic heterocycles. The van der Waals surface area contributed by atoms with Crippen LogP contribution in [0.2, 0.25) is 5.02 Å². The molecule has 0 bridgehead atoms. The Kier molecular flexibility index (Phi) is 3.38. The monoisotopic (exact) mass is 256 g/mol. The number of rotatable bonds is 2. The Bertz CT molecular complexity index is 673. The lowest BCUT2D eigenvalue weighted by molar-refractivity contribution is 0.458. The lowest BCUT2D eigenvalue weighted by Crippen LogP contribution is -1.94. The summed E-state index contributed by atoms with van der Waals surface area (Å²) in [5.41, 5.74) is 0.432. The largest absolute Gasteiger partial charge is 0.436 e. The van der Waals surface area contributed by atoms with Crippen LogP contribution < -0.4 is 4.74 Å². The fraction of sp³-hybridized carbons (Fsp3) is 0. The lowest BCUT2D eigenvalue weighted by Gasteiger charge is -2.05. The van der Waals surface area contributed by atoms with Gasteiger partial charge in [-0.25, -0.2) is 9.97 Å². The molecule has 0 amide bonds. The summed E-state index contributed by atoms with van der Waals surface area (Å²) in [6, 6.07) is 8.39. The molecule has 0 aliphatic carbocycles. The fourth-order valence-corrected chi connectivity index (χ4v) is 1.45. The second-order valence-corrected chi connectivity index (χ2v) is 3.58. The van der Waals surface area contributed by atoms with Crippen molar-refractivity contribution in [3.8, 4) is 23.8 Å². The van der Waals surface area contributed by atoms with Crippen molar-refractivity contribution in [3.63, 3.8) is 0 Å². The smallest absolute Gasteiger partial charge is 0.256 e. The normalized spacial score (nSPS) is 9.28. The number of ether oxygens (including phenoxy) is 1. The van der Waals surface area contributed by atoms with Crippen molar-refractivity contribution in [2.24, 2.45) is 0 Å². The molecule has 1 heterocycles. The van der Waals surface area contributed by atoms with Crippen molar-refractivity contribution in [3.05, 3.63) is 46.9 Å². The average Bonchev–Trinajstić information content (AvgIpc) is 2.39. The van der Waals surface area contributed by atoms with E-state index in [4.69, 9.17) is 26.9 Å². The first-order chi connectivity index (χ1) is 8.74. The average molecular weight is 257 g/mol. The van der Waals surface area contributed by atoms with Gasteiger partial charge in [0.2, 0.25) is 5.69 Å². The highest BCUT2D eigenvalue weighted by atomic mass is 35.5. The van der Waals surface area contributed by atoms with Gasteiger partial charge in [0.25, 0.3) is 5.88 Å². The molecule has 18 heavy (non-hydrogen) atoms. The summed E-state index contributed by atoms with van der Waals surface area (Å²) >= 11 is 5.87. The van der Waals surface area contributed by atoms with Crippen molar-refractivity contribution in [2.45, 2.75) is 0 Å². The molecule has 0 fully saturated rings. The van der Waals surface area contributed by atoms with E-state index in [9.17, 15) is 0 Å². The van der Waals surface area contributed by atoms with Gasteiger partial charge in [-0.3, -0.25) is 0 Å². The van der Waals surface area contributed by atoms with Crippen molar-refractivity contribution in [1.82, 2.24) is 9.97 Å². The van der Waals surface area contributed by atoms with Crippen LogP contribution in [-0.2, 0) is 0 Å². The van der Waals surface area contributed by atoms with Crippen molar-refractivity contribution >= 4 is 11.6 Å². The van der Waals surface area contributed by atoms with Gasteiger partial charge in [-0.05, 0) is 12.1 Å². The van der Waals surface area contributed by atoms with Gasteiger partial charge >= 0.3 is 0 Å². The molecule has 2 aromatic rings. The summed E-state index contributed by atoms with van der Waals surface area (Å²) in [6.07, 6.45) is 2.82. The topological polar surface area (TPSA) is 82.6 Å². The molecule has 0 aliphatic rings. The van der Waals surface area contributed by atoms with E-state index in [1.165, 1.54) is 24.5 Å². The minimum absolute atomic E-state index is 0.0815. The maximum Gasteiger partial charge on any atom is 0.256 e. The van der Waals surface area contributed by atoms with Gasteiger partial charge in [0.15, 0.2) is 0 Å². The van der Waals surface area contributed by atoms with Gasteiger partial charge in [-0.15, -0.1) is 0 Å². The molecule has 6 heteroatoms. The molecular weight excluding hydrogens is 252 g/mol. The molecule has 0 spiro atoms. The molecule has 2 rings (SSSR count). The Morgan fingerprint density at radius 3 is 2.56 bits per heavy atom. The van der Waals surface area contributed by atoms with Crippen LogP contribution in [0.5, 0.6) is 11.6 Å². The van der Waals surface area contributed by atoms with Gasteiger partial charge in [0, 0.05) is 18.5 Å². The molecule has 86 valence electrons. The predicted molar refractivity (Wildman–Crippen MR) is 63.0 cm³/mol. The number of benzene rings is 1. The van der Waals surface area contributed by atoms with Gasteiger partial charge in [0.05, 0.1) is 10.6 Å². The highest BCUT2D eigenvalue weighted by Gasteiger charge is 2.08. The minimum atomic E-state index is 0.0815. The van der Waals surface area contributed by atoms with E-state index in [1.54, 1.807) is 6.07 Å². The van der Waals surface area contributed by atoms with Crippen molar-refractivity contribution < 1.29 is 4.74 Å². The molecule has 0 unspecified atom stereocenters. The van der Waals surface area contributed by atoms with Gasteiger partial charge in [-0.2, -0.15) is 10.5 Å². The summed E-state index contributed by atoms with van der Waals surface area (Å²) in [5.74, 6) is 0.483. The third kappa shape index (κ3) is 2.37. The summed E-state index contributed by atoms with van der Waals surface area (Å²) in [4.78, 5) is 7.72. The quantitative estimate of drug-likeness (QED) is 0.825. The molecule has 0 aliphatic heterocycles. The molecule has 0 saturated heterocycles. The third-order valence-electron chi connectivity index (χ3n) is 2.05. The number of aromatic nitrogens is 2. The highest BCUT2D eigenvalue weighted by Crippen LogP contribution is 2.26. The Balaban J connectivity index is 2.33. The fourth-order valence-electron chi connectivity index (χ4n) is 1.24. The first-order valence-electron chi connectivity index (χ1n) is 4.83. The molecule has 0 saturated carbocycles. The third-order valence-corrected chi connectivity index (χ3v) is 2.36. The second-order valence-electron chi connectivity index (χ2n) is 3.18. The summed E-state index contributed by atoms with van der Waals surface area (Å²) in [6.45, 7) is 0. The minimum Gasteiger partial charge on any atom is -0.436 e. The lowest BCUT2D eigenvalue weighted by atomic mass is 10.2. The van der Waals surface area contributed by atoms with E-state index in [0.29, 0.717) is 11.3 Å². The predicted octanol–water partition coefficient (Wildman–Crippen LogP) is 2.67. The van der Waals surface area contributed by atoms with E-state index in [-0.39, 0.29) is 16.6 Å². The van der Waals surface area contributed by atoms with E-state index < -0.39 is 0 Å². The summed E-state index contributed by atoms with van der Waals surface area (Å²) in [5, 5.41) is 17.8. The maximum absolute atomic E-state index is 8.83. The molecule has 0 atom stereocenters. The Hall–Kier alpha value is -2.63.